The van der Waals surface area contributed by atoms with Crippen molar-refractivity contribution in [2.24, 2.45) is 5.92 Å². The van der Waals surface area contributed by atoms with Gasteiger partial charge in [-0.2, -0.15) is 0 Å². The van der Waals surface area contributed by atoms with Gasteiger partial charge in [-0.05, 0) is 65.9 Å². The van der Waals surface area contributed by atoms with Crippen molar-refractivity contribution in [2.45, 2.75) is 37.7 Å². The summed E-state index contributed by atoms with van der Waals surface area (Å²) < 4.78 is 14.5. The van der Waals surface area contributed by atoms with Crippen LogP contribution in [0.25, 0.3) is 11.1 Å². The Morgan fingerprint density at radius 1 is 1.06 bits per heavy atom. The van der Waals surface area contributed by atoms with Gasteiger partial charge in [0.2, 0.25) is 5.91 Å². The van der Waals surface area contributed by atoms with Gasteiger partial charge in [-0.25, -0.2) is 4.39 Å². The number of carbonyl (C=O) groups excluding carboxylic acids is 1. The van der Waals surface area contributed by atoms with E-state index < -0.39 is 28.6 Å². The van der Waals surface area contributed by atoms with Crippen LogP contribution in [0.3, 0.4) is 0 Å². The van der Waals surface area contributed by atoms with E-state index in [0.717, 1.165) is 11.1 Å². The number of amides is 1. The number of hydrogen-bond acceptors (Lipinski definition) is 2. The molecule has 1 saturated carbocycles. The molecule has 1 fully saturated rings. The zero-order valence-electron chi connectivity index (χ0n) is 18.3. The number of hydrogen-bond donors (Lipinski definition) is 2. The van der Waals surface area contributed by atoms with Crippen molar-refractivity contribution >= 4 is 46.4 Å². The van der Waals surface area contributed by atoms with Gasteiger partial charge in [-0.1, -0.05) is 66.8 Å². The molecule has 33 heavy (non-hydrogen) atoms. The van der Waals surface area contributed by atoms with Crippen LogP contribution in [0.2, 0.25) is 10.0 Å². The minimum Gasteiger partial charge on any atom is -0.373 e. The Bertz CT molecular complexity index is 1240. The van der Waals surface area contributed by atoms with E-state index in [1.807, 2.05) is 26.0 Å². The van der Waals surface area contributed by atoms with E-state index in [1.54, 1.807) is 43.3 Å². The Balaban J connectivity index is 1.59. The molecule has 1 amide bonds. The molecule has 7 heteroatoms. The van der Waals surface area contributed by atoms with Crippen LogP contribution in [0.5, 0.6) is 0 Å². The summed E-state index contributed by atoms with van der Waals surface area (Å²) >= 11 is 18.9. The largest absolute Gasteiger partial charge is 0.373 e. The smallest absolute Gasteiger partial charge is 0.232 e. The number of anilines is 1. The van der Waals surface area contributed by atoms with E-state index in [9.17, 15) is 14.3 Å². The van der Waals surface area contributed by atoms with Gasteiger partial charge in [-0.15, -0.1) is 0 Å². The average molecular weight is 507 g/mol. The van der Waals surface area contributed by atoms with Gasteiger partial charge in [0.25, 0.3) is 0 Å². The highest BCUT2D eigenvalue weighted by molar-refractivity contribution is 6.33. The summed E-state index contributed by atoms with van der Waals surface area (Å²) in [6.45, 7) is 5.87. The molecule has 3 aromatic carbocycles. The minimum atomic E-state index is -1.72. The molecule has 1 aliphatic rings. The number of aryl methyl sites for hydroxylation is 1. The van der Waals surface area contributed by atoms with E-state index in [4.69, 9.17) is 34.8 Å². The molecule has 3 aromatic rings. The van der Waals surface area contributed by atoms with E-state index in [1.165, 1.54) is 6.07 Å². The molecule has 172 valence electrons. The molecule has 2 N–H and O–H groups in total. The predicted octanol–water partition coefficient (Wildman–Crippen LogP) is 7.51. The fourth-order valence-corrected chi connectivity index (χ4v) is 5.01. The minimum absolute atomic E-state index is 0.228. The summed E-state index contributed by atoms with van der Waals surface area (Å²) in [5.41, 5.74) is 3.71. The van der Waals surface area contributed by atoms with Crippen molar-refractivity contribution < 1.29 is 14.3 Å². The Morgan fingerprint density at radius 3 is 2.45 bits per heavy atom. The van der Waals surface area contributed by atoms with E-state index in [0.29, 0.717) is 32.4 Å². The molecule has 0 aliphatic heterocycles. The van der Waals surface area contributed by atoms with Gasteiger partial charge in [-0.3, -0.25) is 4.79 Å². The highest BCUT2D eigenvalue weighted by Gasteiger charge is 2.68. The van der Waals surface area contributed by atoms with Gasteiger partial charge < -0.3 is 10.4 Å². The van der Waals surface area contributed by atoms with Gasteiger partial charge >= 0.3 is 0 Å². The number of aliphatic hydroxyl groups is 1. The Hall–Kier alpha value is -2.11. The summed E-state index contributed by atoms with van der Waals surface area (Å²) in [7, 11) is 0. The summed E-state index contributed by atoms with van der Waals surface area (Å²) in [6, 6.07) is 15.2. The van der Waals surface area contributed by atoms with Crippen LogP contribution in [-0.4, -0.2) is 16.1 Å². The number of benzene rings is 3. The standard InChI is InChI=1S/C26H23Cl3FNO2/c1-13(2)15-9-16(11-17(27)10-15)23-24(26(23,29)33)25(32)31-18-5-7-21(28)20(12-18)19-6-4-14(3)8-22(19)30/h4-13,23-24,33H,1-3H3,(H,31,32). The summed E-state index contributed by atoms with van der Waals surface area (Å²) in [4.78, 5) is 13.0. The molecule has 3 atom stereocenters. The summed E-state index contributed by atoms with van der Waals surface area (Å²) in [5.74, 6) is -2.09. The molecule has 0 bridgehead atoms. The first-order valence-corrected chi connectivity index (χ1v) is 11.7. The third-order valence-electron chi connectivity index (χ3n) is 6.00. The lowest BCUT2D eigenvalue weighted by Gasteiger charge is -2.11. The zero-order valence-corrected chi connectivity index (χ0v) is 20.6. The maximum atomic E-state index is 14.5. The third kappa shape index (κ3) is 4.76. The SMILES string of the molecule is Cc1ccc(-c2cc(NC(=O)C3C(c4cc(Cl)cc(C(C)C)c4)C3(O)Cl)ccc2Cl)c(F)c1. The van der Waals surface area contributed by atoms with Gasteiger partial charge in [0.1, 0.15) is 5.82 Å². The molecule has 1 aliphatic carbocycles. The molecular formula is C26H23Cl3FNO2. The van der Waals surface area contributed by atoms with Crippen LogP contribution in [0, 0.1) is 18.7 Å². The maximum Gasteiger partial charge on any atom is 0.232 e. The lowest BCUT2D eigenvalue weighted by atomic mass is 9.98. The lowest BCUT2D eigenvalue weighted by molar-refractivity contribution is -0.118. The predicted molar refractivity (Wildman–Crippen MR) is 133 cm³/mol. The van der Waals surface area contributed by atoms with Crippen molar-refractivity contribution in [1.82, 2.24) is 0 Å². The quantitative estimate of drug-likeness (QED) is 0.352. The van der Waals surface area contributed by atoms with Crippen LogP contribution in [-0.2, 0) is 4.79 Å². The van der Waals surface area contributed by atoms with E-state index >= 15 is 0 Å². The van der Waals surface area contributed by atoms with Crippen molar-refractivity contribution in [3.8, 4) is 11.1 Å². The Morgan fingerprint density at radius 2 is 1.79 bits per heavy atom. The van der Waals surface area contributed by atoms with Crippen molar-refractivity contribution in [1.29, 1.82) is 0 Å². The molecule has 3 nitrogen and oxygen atoms in total. The Labute approximate surface area is 207 Å². The molecule has 0 radical (unpaired) electrons. The van der Waals surface area contributed by atoms with Crippen molar-refractivity contribution in [2.75, 3.05) is 5.32 Å². The van der Waals surface area contributed by atoms with Gasteiger partial charge in [0.15, 0.2) is 5.06 Å². The average Bonchev–Trinajstić information content (AvgIpc) is 3.31. The molecule has 0 aromatic heterocycles. The fraction of sp³-hybridized carbons (Fsp3) is 0.269. The zero-order chi connectivity index (χ0) is 24.1. The molecule has 0 saturated heterocycles. The van der Waals surface area contributed by atoms with Crippen molar-refractivity contribution in [3.05, 3.63) is 87.2 Å². The molecule has 0 heterocycles. The number of alkyl halides is 1. The molecular weight excluding hydrogens is 484 g/mol. The first-order valence-electron chi connectivity index (χ1n) is 10.6. The molecule has 4 rings (SSSR count). The van der Waals surface area contributed by atoms with Crippen LogP contribution in [0.15, 0.2) is 54.6 Å². The van der Waals surface area contributed by atoms with Crippen LogP contribution < -0.4 is 5.32 Å². The first kappa shape index (κ1) is 24.0. The van der Waals surface area contributed by atoms with E-state index in [2.05, 4.69) is 5.32 Å². The van der Waals surface area contributed by atoms with Crippen molar-refractivity contribution in [3.63, 3.8) is 0 Å². The maximum absolute atomic E-state index is 14.5. The third-order valence-corrected chi connectivity index (χ3v) is 7.01. The number of carbonyl (C=O) groups is 1. The highest BCUT2D eigenvalue weighted by atomic mass is 35.5. The second-order valence-corrected chi connectivity index (χ2v) is 10.3. The molecule has 0 spiro atoms. The summed E-state index contributed by atoms with van der Waals surface area (Å²) in [6.07, 6.45) is 0. The first-order chi connectivity index (χ1) is 15.5. The number of rotatable bonds is 5. The highest BCUT2D eigenvalue weighted by Crippen LogP contribution is 2.61. The summed E-state index contributed by atoms with van der Waals surface area (Å²) in [5, 5.41) is 12.6. The second kappa shape index (κ2) is 8.92. The normalized spacial score (nSPS) is 21.8. The topological polar surface area (TPSA) is 49.3 Å². The monoisotopic (exact) mass is 505 g/mol. The second-order valence-electron chi connectivity index (χ2n) is 8.82. The fourth-order valence-electron chi connectivity index (χ4n) is 4.12. The molecule has 3 unspecified atom stereocenters. The lowest BCUT2D eigenvalue weighted by Crippen LogP contribution is -2.18. The number of nitrogens with one attached hydrogen (secondary N) is 1. The van der Waals surface area contributed by atoms with E-state index in [-0.39, 0.29) is 5.92 Å². The van der Waals surface area contributed by atoms with Crippen LogP contribution in [0.4, 0.5) is 10.1 Å². The Kier molecular flexibility index (Phi) is 6.49. The van der Waals surface area contributed by atoms with Gasteiger partial charge in [0, 0.05) is 32.8 Å². The number of halogens is 4. The van der Waals surface area contributed by atoms with Crippen LogP contribution in [0.1, 0.15) is 42.4 Å². The van der Waals surface area contributed by atoms with Crippen LogP contribution >= 0.6 is 34.8 Å². The van der Waals surface area contributed by atoms with Gasteiger partial charge in [0.05, 0.1) is 5.92 Å².